The van der Waals surface area contributed by atoms with Crippen LogP contribution in [0.25, 0.3) is 0 Å². The van der Waals surface area contributed by atoms with Crippen LogP contribution in [0.4, 0.5) is 0 Å². The van der Waals surface area contributed by atoms with Crippen LogP contribution in [0.2, 0.25) is 5.02 Å². The first-order valence-electron chi connectivity index (χ1n) is 7.61. The second kappa shape index (κ2) is 7.91. The highest BCUT2D eigenvalue weighted by molar-refractivity contribution is 8.00. The summed E-state index contributed by atoms with van der Waals surface area (Å²) in [6.07, 6.45) is 3.36. The van der Waals surface area contributed by atoms with Gasteiger partial charge in [-0.05, 0) is 44.9 Å². The van der Waals surface area contributed by atoms with Gasteiger partial charge in [-0.25, -0.2) is 0 Å². The third-order valence-electron chi connectivity index (χ3n) is 4.40. The van der Waals surface area contributed by atoms with Crippen molar-refractivity contribution in [3.63, 3.8) is 0 Å². The van der Waals surface area contributed by atoms with E-state index in [4.69, 9.17) is 11.6 Å². The molecule has 122 valence electrons. The van der Waals surface area contributed by atoms with Crippen LogP contribution >= 0.6 is 35.8 Å². The van der Waals surface area contributed by atoms with Crippen LogP contribution in [0.1, 0.15) is 26.2 Å². The number of benzene rings is 1. The molecule has 6 heteroatoms. The quantitative estimate of drug-likeness (QED) is 0.835. The molecule has 2 bridgehead atoms. The van der Waals surface area contributed by atoms with E-state index in [1.807, 2.05) is 31.2 Å². The van der Waals surface area contributed by atoms with Gasteiger partial charge in [-0.3, -0.25) is 4.79 Å². The Morgan fingerprint density at radius 1 is 1.32 bits per heavy atom. The molecule has 2 saturated heterocycles. The fourth-order valence-electron chi connectivity index (χ4n) is 3.33. The molecule has 2 aliphatic rings. The summed E-state index contributed by atoms with van der Waals surface area (Å²) in [5.41, 5.74) is 0. The largest absolute Gasteiger partial charge is 0.334 e. The molecular formula is C16H22Cl2N2OS. The summed E-state index contributed by atoms with van der Waals surface area (Å²) in [5.74, 6) is 0.260. The lowest BCUT2D eigenvalue weighted by atomic mass is 10.1. The highest BCUT2D eigenvalue weighted by atomic mass is 35.5. The van der Waals surface area contributed by atoms with Crippen molar-refractivity contribution >= 4 is 41.7 Å². The molecule has 0 saturated carbocycles. The van der Waals surface area contributed by atoms with Crippen molar-refractivity contribution in [2.24, 2.45) is 0 Å². The van der Waals surface area contributed by atoms with Gasteiger partial charge in [0.05, 0.1) is 10.3 Å². The van der Waals surface area contributed by atoms with Crippen LogP contribution in [0.5, 0.6) is 0 Å². The van der Waals surface area contributed by atoms with E-state index in [0.717, 1.165) is 42.3 Å². The number of carbonyl (C=O) groups excluding carboxylic acids is 1. The average Bonchev–Trinajstić information content (AvgIpc) is 2.73. The summed E-state index contributed by atoms with van der Waals surface area (Å²) in [6.45, 7) is 3.96. The Labute approximate surface area is 147 Å². The number of rotatable bonds is 3. The number of nitrogens with one attached hydrogen (secondary N) is 1. The predicted octanol–water partition coefficient (Wildman–Crippen LogP) is 3.60. The number of amides is 1. The highest BCUT2D eigenvalue weighted by Gasteiger charge is 2.39. The van der Waals surface area contributed by atoms with Crippen LogP contribution in [-0.4, -0.2) is 41.2 Å². The maximum Gasteiger partial charge on any atom is 0.236 e. The topological polar surface area (TPSA) is 32.3 Å². The van der Waals surface area contributed by atoms with E-state index in [9.17, 15) is 4.79 Å². The summed E-state index contributed by atoms with van der Waals surface area (Å²) < 4.78 is 0. The molecule has 22 heavy (non-hydrogen) atoms. The summed E-state index contributed by atoms with van der Waals surface area (Å²) in [5, 5.41) is 4.07. The van der Waals surface area contributed by atoms with Crippen molar-refractivity contribution in [2.75, 3.05) is 13.1 Å². The Kier molecular flexibility index (Phi) is 6.45. The third kappa shape index (κ3) is 3.73. The molecule has 3 nitrogen and oxygen atoms in total. The molecule has 3 unspecified atom stereocenters. The standard InChI is InChI=1S/C16H21ClN2OS.ClH/c1-11(21-15-5-3-2-4-14(15)17)16(20)19-12-6-7-13(19)10-18-9-8-12;/h2-5,11-13,18H,6-10H2,1H3;1H. The van der Waals surface area contributed by atoms with Crippen molar-refractivity contribution in [1.82, 2.24) is 10.2 Å². The van der Waals surface area contributed by atoms with Gasteiger partial charge in [0, 0.05) is 23.5 Å². The van der Waals surface area contributed by atoms with Crippen molar-refractivity contribution in [2.45, 2.75) is 48.4 Å². The molecule has 0 radical (unpaired) electrons. The Balaban J connectivity index is 0.00000176. The molecule has 2 heterocycles. The third-order valence-corrected chi connectivity index (χ3v) is 6.00. The summed E-state index contributed by atoms with van der Waals surface area (Å²) in [7, 11) is 0. The number of nitrogens with zero attached hydrogens (tertiary/aromatic N) is 1. The molecule has 1 amide bonds. The minimum Gasteiger partial charge on any atom is -0.334 e. The molecule has 2 fully saturated rings. The monoisotopic (exact) mass is 360 g/mol. The van der Waals surface area contributed by atoms with E-state index in [2.05, 4.69) is 10.2 Å². The van der Waals surface area contributed by atoms with Crippen LogP contribution < -0.4 is 5.32 Å². The van der Waals surface area contributed by atoms with Crippen LogP contribution in [0.15, 0.2) is 29.2 Å². The Morgan fingerprint density at radius 2 is 2.05 bits per heavy atom. The maximum absolute atomic E-state index is 12.9. The predicted molar refractivity (Wildman–Crippen MR) is 95.2 cm³/mol. The summed E-state index contributed by atoms with van der Waals surface area (Å²) in [6, 6.07) is 8.53. The molecule has 1 aromatic carbocycles. The van der Waals surface area contributed by atoms with Gasteiger partial charge < -0.3 is 10.2 Å². The van der Waals surface area contributed by atoms with Crippen molar-refractivity contribution in [3.05, 3.63) is 29.3 Å². The van der Waals surface area contributed by atoms with Gasteiger partial charge in [0.25, 0.3) is 0 Å². The van der Waals surface area contributed by atoms with Gasteiger partial charge in [-0.2, -0.15) is 0 Å². The molecule has 1 N–H and O–H groups in total. The molecule has 2 aliphatic heterocycles. The van der Waals surface area contributed by atoms with Crippen LogP contribution in [-0.2, 0) is 4.79 Å². The Hall–Kier alpha value is -0.420. The van der Waals surface area contributed by atoms with E-state index < -0.39 is 0 Å². The first kappa shape index (κ1) is 17.9. The molecule has 0 spiro atoms. The second-order valence-corrected chi connectivity index (χ2v) is 7.60. The van der Waals surface area contributed by atoms with E-state index in [0.29, 0.717) is 12.1 Å². The van der Waals surface area contributed by atoms with Gasteiger partial charge in [0.1, 0.15) is 0 Å². The maximum atomic E-state index is 12.9. The van der Waals surface area contributed by atoms with Crippen molar-refractivity contribution in [3.8, 4) is 0 Å². The lowest BCUT2D eigenvalue weighted by molar-refractivity contribution is -0.132. The number of fused-ring (bicyclic) bond motifs is 2. The normalized spacial score (nSPS) is 25.3. The van der Waals surface area contributed by atoms with Crippen LogP contribution in [0, 0.1) is 0 Å². The van der Waals surface area contributed by atoms with Crippen molar-refractivity contribution < 1.29 is 4.79 Å². The van der Waals surface area contributed by atoms with Crippen LogP contribution in [0.3, 0.4) is 0 Å². The Bertz CT molecular complexity index is 515. The molecule has 3 atom stereocenters. The number of hydrogen-bond acceptors (Lipinski definition) is 3. The highest BCUT2D eigenvalue weighted by Crippen LogP contribution is 2.34. The summed E-state index contributed by atoms with van der Waals surface area (Å²) in [4.78, 5) is 16.0. The minimum absolute atomic E-state index is 0. The van der Waals surface area contributed by atoms with E-state index in [1.165, 1.54) is 0 Å². The molecule has 1 aromatic rings. The van der Waals surface area contributed by atoms with Gasteiger partial charge >= 0.3 is 0 Å². The van der Waals surface area contributed by atoms with Crippen molar-refractivity contribution in [1.29, 1.82) is 0 Å². The number of thioether (sulfide) groups is 1. The smallest absolute Gasteiger partial charge is 0.236 e. The number of hydrogen-bond donors (Lipinski definition) is 1. The SMILES string of the molecule is CC(Sc1ccccc1Cl)C(=O)N1C2CCNCC1CC2.Cl. The van der Waals surface area contributed by atoms with E-state index in [-0.39, 0.29) is 23.6 Å². The second-order valence-electron chi connectivity index (χ2n) is 5.81. The zero-order valence-electron chi connectivity index (χ0n) is 12.6. The van der Waals surface area contributed by atoms with E-state index >= 15 is 0 Å². The molecule has 0 aliphatic carbocycles. The number of carbonyl (C=O) groups is 1. The minimum atomic E-state index is -0.0916. The zero-order valence-corrected chi connectivity index (χ0v) is 15.0. The first-order valence-corrected chi connectivity index (χ1v) is 8.86. The molecule has 0 aromatic heterocycles. The first-order chi connectivity index (χ1) is 10.2. The fourth-order valence-corrected chi connectivity index (χ4v) is 4.54. The van der Waals surface area contributed by atoms with Gasteiger partial charge in [0.2, 0.25) is 5.91 Å². The zero-order chi connectivity index (χ0) is 14.8. The summed E-state index contributed by atoms with van der Waals surface area (Å²) >= 11 is 7.77. The molecular weight excluding hydrogens is 339 g/mol. The van der Waals surface area contributed by atoms with Gasteiger partial charge in [-0.15, -0.1) is 24.2 Å². The number of halogens is 2. The van der Waals surface area contributed by atoms with Gasteiger partial charge in [0.15, 0.2) is 0 Å². The van der Waals surface area contributed by atoms with Gasteiger partial charge in [-0.1, -0.05) is 23.7 Å². The Morgan fingerprint density at radius 3 is 2.82 bits per heavy atom. The van der Waals surface area contributed by atoms with E-state index in [1.54, 1.807) is 11.8 Å². The molecule has 3 rings (SSSR count). The average molecular weight is 361 g/mol. The fraction of sp³-hybridized carbons (Fsp3) is 0.562. The lowest BCUT2D eigenvalue weighted by Gasteiger charge is -2.30. The lowest BCUT2D eigenvalue weighted by Crippen LogP contribution is -2.45.